The highest BCUT2D eigenvalue weighted by molar-refractivity contribution is 7.26. The van der Waals surface area contributed by atoms with Crippen LogP contribution in [0, 0.1) is 6.92 Å². The van der Waals surface area contributed by atoms with Crippen LogP contribution in [0.1, 0.15) is 5.69 Å². The summed E-state index contributed by atoms with van der Waals surface area (Å²) in [6, 6.07) is 14.8. The molecule has 1 amide bonds. The van der Waals surface area contributed by atoms with Gasteiger partial charge in [-0.15, -0.1) is 11.3 Å². The molecule has 0 aliphatic rings. The van der Waals surface area contributed by atoms with Crippen molar-refractivity contribution >= 4 is 43.1 Å². The highest BCUT2D eigenvalue weighted by Gasteiger charge is 2.16. The molecule has 4 aromatic rings. The highest BCUT2D eigenvalue weighted by atomic mass is 32.1. The van der Waals surface area contributed by atoms with Gasteiger partial charge in [0.1, 0.15) is 12.3 Å². The minimum absolute atomic E-state index is 0.156. The summed E-state index contributed by atoms with van der Waals surface area (Å²) in [5.74, 6) is 0.321. The SMILES string of the molecule is COc1cccc(NC(=O)Cn2nc(C)c3sc4ccccc4c3c2=O)c1. The van der Waals surface area contributed by atoms with Gasteiger partial charge < -0.3 is 10.1 Å². The standard InChI is InChI=1S/C20H17N3O3S/c1-12-19-18(15-8-3-4-9-16(15)27-19)20(25)23(22-12)11-17(24)21-13-6-5-7-14(10-13)26-2/h3-10H,11H2,1-2H3,(H,21,24). The maximum atomic E-state index is 13.0. The summed E-state index contributed by atoms with van der Waals surface area (Å²) in [6.45, 7) is 1.70. The summed E-state index contributed by atoms with van der Waals surface area (Å²) in [5, 5.41) is 8.64. The average molecular weight is 379 g/mol. The fourth-order valence-corrected chi connectivity index (χ4v) is 4.19. The Balaban J connectivity index is 1.69. The van der Waals surface area contributed by atoms with Gasteiger partial charge in [0.2, 0.25) is 5.91 Å². The fraction of sp³-hybridized carbons (Fsp3) is 0.150. The first-order chi connectivity index (χ1) is 13.1. The number of hydrogen-bond acceptors (Lipinski definition) is 5. The second-order valence-corrected chi connectivity index (χ2v) is 7.18. The van der Waals surface area contributed by atoms with Gasteiger partial charge in [0.15, 0.2) is 0 Å². The molecule has 0 fully saturated rings. The minimum Gasteiger partial charge on any atom is -0.497 e. The molecule has 2 aromatic heterocycles. The van der Waals surface area contributed by atoms with Crippen molar-refractivity contribution in [1.29, 1.82) is 0 Å². The Bertz CT molecular complexity index is 1230. The molecule has 0 unspecified atom stereocenters. The molecule has 136 valence electrons. The first-order valence-corrected chi connectivity index (χ1v) is 9.21. The van der Waals surface area contributed by atoms with Gasteiger partial charge in [-0.1, -0.05) is 24.3 Å². The predicted octanol–water partition coefficient (Wildman–Crippen LogP) is 3.57. The Morgan fingerprint density at radius 2 is 2.04 bits per heavy atom. The van der Waals surface area contributed by atoms with Crippen LogP contribution in [0.5, 0.6) is 5.75 Å². The first kappa shape index (κ1) is 17.2. The third-order valence-corrected chi connectivity index (χ3v) is 5.57. The maximum Gasteiger partial charge on any atom is 0.276 e. The number of nitrogens with one attached hydrogen (secondary N) is 1. The van der Waals surface area contributed by atoms with Crippen LogP contribution in [0.4, 0.5) is 5.69 Å². The van der Waals surface area contributed by atoms with Crippen LogP contribution >= 0.6 is 11.3 Å². The fourth-order valence-electron chi connectivity index (χ4n) is 3.06. The van der Waals surface area contributed by atoms with Gasteiger partial charge >= 0.3 is 0 Å². The molecule has 27 heavy (non-hydrogen) atoms. The van der Waals surface area contributed by atoms with Crippen LogP contribution in [0.3, 0.4) is 0 Å². The number of aryl methyl sites for hydroxylation is 1. The lowest BCUT2D eigenvalue weighted by Gasteiger charge is -2.09. The van der Waals surface area contributed by atoms with Crippen LogP contribution in [0.25, 0.3) is 20.2 Å². The van der Waals surface area contributed by atoms with Gasteiger partial charge in [-0.2, -0.15) is 5.10 Å². The Morgan fingerprint density at radius 1 is 1.22 bits per heavy atom. The quantitative estimate of drug-likeness (QED) is 0.588. The van der Waals surface area contributed by atoms with Gasteiger partial charge in [-0.05, 0) is 25.1 Å². The molecule has 0 saturated carbocycles. The molecule has 7 heteroatoms. The van der Waals surface area contributed by atoms with Crippen molar-refractivity contribution in [3.63, 3.8) is 0 Å². The summed E-state index contributed by atoms with van der Waals surface area (Å²) in [6.07, 6.45) is 0. The second kappa shape index (κ2) is 6.85. The van der Waals surface area contributed by atoms with Crippen LogP contribution < -0.4 is 15.6 Å². The Labute approximate surface area is 159 Å². The van der Waals surface area contributed by atoms with E-state index >= 15 is 0 Å². The van der Waals surface area contributed by atoms with Crippen LogP contribution in [0.2, 0.25) is 0 Å². The summed E-state index contributed by atoms with van der Waals surface area (Å²) >= 11 is 1.55. The summed E-state index contributed by atoms with van der Waals surface area (Å²) in [5.41, 5.74) is 1.08. The summed E-state index contributed by atoms with van der Waals surface area (Å²) in [4.78, 5) is 25.4. The normalized spacial score (nSPS) is 11.0. The van der Waals surface area contributed by atoms with E-state index in [9.17, 15) is 9.59 Å². The molecule has 6 nitrogen and oxygen atoms in total. The van der Waals surface area contributed by atoms with Crippen molar-refractivity contribution in [2.75, 3.05) is 12.4 Å². The number of methoxy groups -OCH3 is 1. The maximum absolute atomic E-state index is 13.0. The largest absolute Gasteiger partial charge is 0.497 e. The molecule has 0 bridgehead atoms. The van der Waals surface area contributed by atoms with Crippen molar-refractivity contribution < 1.29 is 9.53 Å². The molecule has 0 atom stereocenters. The molecular formula is C20H17N3O3S. The number of anilines is 1. The van der Waals surface area contributed by atoms with E-state index in [2.05, 4.69) is 10.4 Å². The van der Waals surface area contributed by atoms with E-state index in [0.29, 0.717) is 16.8 Å². The second-order valence-electron chi connectivity index (χ2n) is 6.13. The number of hydrogen-bond donors (Lipinski definition) is 1. The molecule has 0 saturated heterocycles. The van der Waals surface area contributed by atoms with Gasteiger partial charge in [0.25, 0.3) is 5.56 Å². The van der Waals surface area contributed by atoms with Crippen LogP contribution in [-0.4, -0.2) is 22.8 Å². The lowest BCUT2D eigenvalue weighted by atomic mass is 10.2. The van der Waals surface area contributed by atoms with Crippen molar-refractivity contribution in [1.82, 2.24) is 9.78 Å². The van der Waals surface area contributed by atoms with E-state index in [0.717, 1.165) is 20.5 Å². The molecule has 4 rings (SSSR count). The topological polar surface area (TPSA) is 73.2 Å². The monoisotopic (exact) mass is 379 g/mol. The zero-order chi connectivity index (χ0) is 19.0. The molecule has 0 aliphatic carbocycles. The Kier molecular flexibility index (Phi) is 4.37. The van der Waals surface area contributed by atoms with E-state index in [1.807, 2.05) is 31.2 Å². The third-order valence-electron chi connectivity index (χ3n) is 4.29. The molecular weight excluding hydrogens is 362 g/mol. The minimum atomic E-state index is -0.323. The number of rotatable bonds is 4. The van der Waals surface area contributed by atoms with Gasteiger partial charge in [0, 0.05) is 21.8 Å². The number of ether oxygens (including phenoxy) is 1. The Morgan fingerprint density at radius 3 is 2.85 bits per heavy atom. The number of fused-ring (bicyclic) bond motifs is 3. The smallest absolute Gasteiger partial charge is 0.276 e. The van der Waals surface area contributed by atoms with Crippen molar-refractivity contribution in [2.45, 2.75) is 13.5 Å². The number of carbonyl (C=O) groups is 1. The zero-order valence-corrected chi connectivity index (χ0v) is 15.7. The molecule has 2 aromatic carbocycles. The van der Waals surface area contributed by atoms with E-state index in [4.69, 9.17) is 4.74 Å². The summed E-state index contributed by atoms with van der Waals surface area (Å²) in [7, 11) is 1.56. The van der Waals surface area contributed by atoms with Crippen molar-refractivity contribution in [3.05, 3.63) is 64.6 Å². The average Bonchev–Trinajstić information content (AvgIpc) is 3.06. The van der Waals surface area contributed by atoms with Crippen molar-refractivity contribution in [2.24, 2.45) is 0 Å². The molecule has 0 aliphatic heterocycles. The van der Waals surface area contributed by atoms with Gasteiger partial charge in [-0.25, -0.2) is 4.68 Å². The Hall–Kier alpha value is -3.19. The van der Waals surface area contributed by atoms with E-state index in [1.165, 1.54) is 4.68 Å². The molecule has 2 heterocycles. The number of nitrogens with zero attached hydrogens (tertiary/aromatic N) is 2. The lowest BCUT2D eigenvalue weighted by Crippen LogP contribution is -2.30. The van der Waals surface area contributed by atoms with E-state index in [-0.39, 0.29) is 18.0 Å². The zero-order valence-electron chi connectivity index (χ0n) is 14.9. The molecule has 0 radical (unpaired) electrons. The number of aromatic nitrogens is 2. The van der Waals surface area contributed by atoms with E-state index in [1.54, 1.807) is 42.7 Å². The highest BCUT2D eigenvalue weighted by Crippen LogP contribution is 2.32. The molecule has 1 N–H and O–H groups in total. The van der Waals surface area contributed by atoms with Gasteiger partial charge in [0.05, 0.1) is 22.9 Å². The number of benzene rings is 2. The number of amides is 1. The lowest BCUT2D eigenvalue weighted by molar-refractivity contribution is -0.117. The van der Waals surface area contributed by atoms with Crippen LogP contribution in [0.15, 0.2) is 53.3 Å². The number of carbonyl (C=O) groups excluding carboxylic acids is 1. The molecule has 0 spiro atoms. The van der Waals surface area contributed by atoms with E-state index < -0.39 is 0 Å². The van der Waals surface area contributed by atoms with Gasteiger partial charge in [-0.3, -0.25) is 9.59 Å². The first-order valence-electron chi connectivity index (χ1n) is 8.39. The summed E-state index contributed by atoms with van der Waals surface area (Å²) < 4.78 is 8.28. The predicted molar refractivity (Wildman–Crippen MR) is 108 cm³/mol. The third kappa shape index (κ3) is 3.17. The van der Waals surface area contributed by atoms with Crippen molar-refractivity contribution in [3.8, 4) is 5.75 Å². The number of thiophene rings is 1. The van der Waals surface area contributed by atoms with Crippen LogP contribution in [-0.2, 0) is 11.3 Å².